The van der Waals surface area contributed by atoms with Crippen molar-refractivity contribution in [3.63, 3.8) is 0 Å². The van der Waals surface area contributed by atoms with Gasteiger partial charge < -0.3 is 9.80 Å². The number of carbonyl (C=O) groups is 1. The van der Waals surface area contributed by atoms with Crippen LogP contribution in [0.15, 0.2) is 0 Å². The highest BCUT2D eigenvalue weighted by Gasteiger charge is 2.52. The van der Waals surface area contributed by atoms with Crippen LogP contribution in [0.2, 0.25) is 0 Å². The molecule has 2 amide bonds. The van der Waals surface area contributed by atoms with Crippen molar-refractivity contribution in [2.24, 2.45) is 5.92 Å². The second-order valence-electron chi connectivity index (χ2n) is 5.69. The molecule has 0 aromatic rings. The lowest BCUT2D eigenvalue weighted by molar-refractivity contribution is 0.112. The van der Waals surface area contributed by atoms with Gasteiger partial charge in [0.05, 0.1) is 0 Å². The van der Waals surface area contributed by atoms with Crippen LogP contribution in [0.4, 0.5) is 4.79 Å². The van der Waals surface area contributed by atoms with E-state index >= 15 is 0 Å². The predicted molar refractivity (Wildman–Crippen MR) is 65.2 cm³/mol. The van der Waals surface area contributed by atoms with Crippen LogP contribution in [-0.4, -0.2) is 53.9 Å². The molecule has 0 aromatic heterocycles. The predicted octanol–water partition coefficient (Wildman–Crippen LogP) is 0.863. The smallest absolute Gasteiger partial charge is 0.311 e. The van der Waals surface area contributed by atoms with E-state index in [0.717, 1.165) is 32.5 Å². The number of nitrogens with one attached hydrogen (secondary N) is 2. The third-order valence-electron chi connectivity index (χ3n) is 4.41. The number of amidine groups is 1. The molecule has 0 bridgehead atoms. The highest BCUT2D eigenvalue weighted by Crippen LogP contribution is 2.38. The maximum Gasteiger partial charge on any atom is 0.323 e. The summed E-state index contributed by atoms with van der Waals surface area (Å²) in [6.45, 7) is 2.79. The molecular formula is C12H20N4O. The SMILES string of the molecule is CN1CCC2(CC1)C(=N)NC(=O)N2CC1CC1. The Morgan fingerprint density at radius 3 is 2.65 bits per heavy atom. The third kappa shape index (κ3) is 1.73. The lowest BCUT2D eigenvalue weighted by atomic mass is 9.85. The molecule has 2 N–H and O–H groups in total. The number of likely N-dealkylation sites (tertiary alicyclic amines) is 1. The first-order chi connectivity index (χ1) is 8.12. The van der Waals surface area contributed by atoms with Crippen molar-refractivity contribution in [2.75, 3.05) is 26.7 Å². The van der Waals surface area contributed by atoms with E-state index in [1.165, 1.54) is 12.8 Å². The Balaban J connectivity index is 1.82. The number of hydrogen-bond donors (Lipinski definition) is 2. The van der Waals surface area contributed by atoms with E-state index in [2.05, 4.69) is 17.3 Å². The van der Waals surface area contributed by atoms with Crippen LogP contribution in [0.25, 0.3) is 0 Å². The molecule has 2 heterocycles. The van der Waals surface area contributed by atoms with Crippen molar-refractivity contribution in [3.05, 3.63) is 0 Å². The molecule has 0 unspecified atom stereocenters. The second kappa shape index (κ2) is 3.70. The minimum atomic E-state index is -0.313. The molecule has 0 radical (unpaired) electrons. The van der Waals surface area contributed by atoms with E-state index in [0.29, 0.717) is 11.8 Å². The summed E-state index contributed by atoms with van der Waals surface area (Å²) >= 11 is 0. The van der Waals surface area contributed by atoms with Gasteiger partial charge in [-0.2, -0.15) is 0 Å². The minimum Gasteiger partial charge on any atom is -0.311 e. The van der Waals surface area contributed by atoms with Gasteiger partial charge >= 0.3 is 6.03 Å². The minimum absolute atomic E-state index is 0.0496. The normalized spacial score (nSPS) is 28.9. The average molecular weight is 236 g/mol. The Morgan fingerprint density at radius 1 is 1.41 bits per heavy atom. The van der Waals surface area contributed by atoms with Gasteiger partial charge in [-0.3, -0.25) is 10.7 Å². The zero-order valence-corrected chi connectivity index (χ0v) is 10.3. The van der Waals surface area contributed by atoms with Gasteiger partial charge in [0.25, 0.3) is 0 Å². The lowest BCUT2D eigenvalue weighted by Crippen LogP contribution is -2.56. The standard InChI is InChI=1S/C12H20N4O/c1-15-6-4-12(5-7-15)10(13)14-11(17)16(12)8-9-2-3-9/h9H,2-8H2,1H3,(H2,13,14,17). The summed E-state index contributed by atoms with van der Waals surface area (Å²) in [6, 6.07) is -0.0496. The van der Waals surface area contributed by atoms with E-state index in [1.54, 1.807) is 0 Å². The fourth-order valence-electron chi connectivity index (χ4n) is 2.94. The van der Waals surface area contributed by atoms with Gasteiger partial charge in [-0.1, -0.05) is 0 Å². The number of carbonyl (C=O) groups excluding carboxylic acids is 1. The van der Waals surface area contributed by atoms with E-state index in [1.807, 2.05) is 4.90 Å². The Morgan fingerprint density at radius 2 is 2.06 bits per heavy atom. The maximum atomic E-state index is 12.0. The van der Waals surface area contributed by atoms with E-state index in [-0.39, 0.29) is 11.6 Å². The van der Waals surface area contributed by atoms with Gasteiger partial charge in [-0.25, -0.2) is 4.79 Å². The van der Waals surface area contributed by atoms with Crippen molar-refractivity contribution in [1.29, 1.82) is 5.41 Å². The summed E-state index contributed by atoms with van der Waals surface area (Å²) in [5, 5.41) is 10.8. The topological polar surface area (TPSA) is 59.4 Å². The van der Waals surface area contributed by atoms with Gasteiger partial charge in [-0.05, 0) is 38.6 Å². The largest absolute Gasteiger partial charge is 0.323 e. The van der Waals surface area contributed by atoms with E-state index in [4.69, 9.17) is 5.41 Å². The first-order valence-electron chi connectivity index (χ1n) is 6.48. The van der Waals surface area contributed by atoms with Crippen LogP contribution in [0.5, 0.6) is 0 Å². The zero-order chi connectivity index (χ0) is 12.0. The Labute approximate surface area is 102 Å². The van der Waals surface area contributed by atoms with Crippen LogP contribution in [0.3, 0.4) is 0 Å². The van der Waals surface area contributed by atoms with Crippen molar-refractivity contribution in [3.8, 4) is 0 Å². The molecular weight excluding hydrogens is 216 g/mol. The molecule has 2 aliphatic heterocycles. The Kier molecular flexibility index (Phi) is 2.40. The van der Waals surface area contributed by atoms with Crippen molar-refractivity contribution >= 4 is 11.9 Å². The molecule has 3 rings (SSSR count). The molecule has 5 heteroatoms. The molecule has 0 aromatic carbocycles. The summed E-state index contributed by atoms with van der Waals surface area (Å²) in [5.74, 6) is 1.11. The average Bonchev–Trinajstić information content (AvgIpc) is 3.07. The van der Waals surface area contributed by atoms with Crippen molar-refractivity contribution in [2.45, 2.75) is 31.2 Å². The number of amides is 2. The summed E-state index contributed by atoms with van der Waals surface area (Å²) in [6.07, 6.45) is 4.28. The first-order valence-corrected chi connectivity index (χ1v) is 6.48. The fraction of sp³-hybridized carbons (Fsp3) is 0.833. The number of rotatable bonds is 2. The monoisotopic (exact) mass is 236 g/mol. The molecule has 1 saturated carbocycles. The molecule has 3 fully saturated rings. The number of nitrogens with zero attached hydrogens (tertiary/aromatic N) is 2. The lowest BCUT2D eigenvalue weighted by Gasteiger charge is -2.42. The Hall–Kier alpha value is -1.10. The van der Waals surface area contributed by atoms with Crippen LogP contribution in [-0.2, 0) is 0 Å². The summed E-state index contributed by atoms with van der Waals surface area (Å²) in [4.78, 5) is 16.2. The van der Waals surface area contributed by atoms with Gasteiger partial charge in [0.15, 0.2) is 0 Å². The molecule has 1 spiro atoms. The van der Waals surface area contributed by atoms with Crippen LogP contribution in [0.1, 0.15) is 25.7 Å². The number of hydrogen-bond acceptors (Lipinski definition) is 3. The second-order valence-corrected chi connectivity index (χ2v) is 5.69. The highest BCUT2D eigenvalue weighted by atomic mass is 16.2. The molecule has 17 heavy (non-hydrogen) atoms. The van der Waals surface area contributed by atoms with Crippen LogP contribution >= 0.6 is 0 Å². The summed E-state index contributed by atoms with van der Waals surface area (Å²) < 4.78 is 0. The van der Waals surface area contributed by atoms with Gasteiger partial charge in [0, 0.05) is 19.6 Å². The highest BCUT2D eigenvalue weighted by molar-refractivity contribution is 6.08. The van der Waals surface area contributed by atoms with Crippen molar-refractivity contribution < 1.29 is 4.79 Å². The van der Waals surface area contributed by atoms with Gasteiger partial charge in [0.1, 0.15) is 11.4 Å². The molecule has 5 nitrogen and oxygen atoms in total. The summed E-state index contributed by atoms with van der Waals surface area (Å²) in [5.41, 5.74) is -0.313. The van der Waals surface area contributed by atoms with Gasteiger partial charge in [-0.15, -0.1) is 0 Å². The molecule has 94 valence electrons. The molecule has 3 aliphatic rings. The fourth-order valence-corrected chi connectivity index (χ4v) is 2.94. The van der Waals surface area contributed by atoms with Gasteiger partial charge in [0.2, 0.25) is 0 Å². The van der Waals surface area contributed by atoms with E-state index < -0.39 is 0 Å². The maximum absolute atomic E-state index is 12.0. The number of piperidine rings is 1. The Bertz CT molecular complexity index is 356. The third-order valence-corrected chi connectivity index (χ3v) is 4.41. The zero-order valence-electron chi connectivity index (χ0n) is 10.3. The molecule has 2 saturated heterocycles. The van der Waals surface area contributed by atoms with Crippen LogP contribution in [0, 0.1) is 11.3 Å². The number of urea groups is 1. The molecule has 0 atom stereocenters. The first kappa shape index (κ1) is 11.0. The van der Waals surface area contributed by atoms with E-state index in [9.17, 15) is 4.79 Å². The summed E-state index contributed by atoms with van der Waals surface area (Å²) in [7, 11) is 2.10. The quantitative estimate of drug-likeness (QED) is 0.747. The molecule has 1 aliphatic carbocycles. The van der Waals surface area contributed by atoms with Crippen molar-refractivity contribution in [1.82, 2.24) is 15.1 Å². The van der Waals surface area contributed by atoms with Crippen LogP contribution < -0.4 is 5.32 Å².